The minimum atomic E-state index is -4.86. The van der Waals surface area contributed by atoms with Gasteiger partial charge in [0.15, 0.2) is 5.78 Å². The number of amides is 2. The van der Waals surface area contributed by atoms with Crippen LogP contribution in [-0.4, -0.2) is 84.2 Å². The van der Waals surface area contributed by atoms with Gasteiger partial charge in [-0.05, 0) is 95.0 Å². The summed E-state index contributed by atoms with van der Waals surface area (Å²) in [7, 11) is -3.93. The van der Waals surface area contributed by atoms with E-state index < -0.39 is 92.4 Å². The Morgan fingerprint density at radius 2 is 1.73 bits per heavy atom. The molecule has 1 aromatic carbocycles. The van der Waals surface area contributed by atoms with Crippen molar-refractivity contribution in [3.63, 3.8) is 0 Å². The normalized spacial score (nSPS) is 30.1. The SMILES string of the molecule is C[C@@H]1CC/C=C\[C@@H]2C[C@@]2(C(=O)NS(=O)(=O)C2CC2)CC(=O)[C@@H]2C[C@@H](Oc3ncc(OCC4CC4)c4ccccc34)CN2C(=O)[C@@H](CC(=O)OC(C)(C)C(F)(F)F)[C@H](C)C1. The molecule has 7 rings (SSSR count). The number of rotatable bonds is 11. The Morgan fingerprint density at radius 3 is 2.41 bits per heavy atom. The molecule has 0 bridgehead atoms. The van der Waals surface area contributed by atoms with Gasteiger partial charge in [0.05, 0.1) is 48.4 Å². The van der Waals surface area contributed by atoms with Crippen molar-refractivity contribution < 1.29 is 55.0 Å². The van der Waals surface area contributed by atoms with Crippen molar-refractivity contribution in [3.05, 3.63) is 42.6 Å². The number of carbonyl (C=O) groups is 4. The lowest BCUT2D eigenvalue weighted by Gasteiger charge is -2.33. The minimum absolute atomic E-state index is 0.0118. The van der Waals surface area contributed by atoms with Crippen LogP contribution in [0.15, 0.2) is 42.6 Å². The van der Waals surface area contributed by atoms with E-state index in [1.807, 2.05) is 43.3 Å². The molecule has 0 unspecified atom stereocenters. The van der Waals surface area contributed by atoms with Gasteiger partial charge in [-0.15, -0.1) is 0 Å². The number of carbonyl (C=O) groups excluding carboxylic acids is 4. The van der Waals surface area contributed by atoms with Gasteiger partial charge in [0.1, 0.15) is 11.9 Å². The molecule has 7 atom stereocenters. The number of halogens is 3. The molecule has 1 N–H and O–H groups in total. The molecule has 0 radical (unpaired) electrons. The maximum atomic E-state index is 14.9. The van der Waals surface area contributed by atoms with Gasteiger partial charge >= 0.3 is 12.1 Å². The summed E-state index contributed by atoms with van der Waals surface area (Å²) in [4.78, 5) is 62.6. The van der Waals surface area contributed by atoms with E-state index in [9.17, 15) is 40.8 Å². The van der Waals surface area contributed by atoms with Crippen molar-refractivity contribution in [2.45, 2.75) is 127 Å². The molecule has 3 heterocycles. The largest absolute Gasteiger partial charge is 0.491 e. The number of Topliss-reactive ketones (excluding diaryl/α,β-unsaturated/α-hetero) is 1. The van der Waals surface area contributed by atoms with E-state index in [1.54, 1.807) is 13.1 Å². The Balaban J connectivity index is 1.21. The molecular weight excluding hydrogens is 792 g/mol. The lowest BCUT2D eigenvalue weighted by Crippen LogP contribution is -2.48. The second-order valence-electron chi connectivity index (χ2n) is 18.1. The molecule has 0 spiro atoms. The first-order valence-electron chi connectivity index (χ1n) is 20.8. The van der Waals surface area contributed by atoms with Crippen molar-refractivity contribution in [2.24, 2.45) is 35.0 Å². The molecule has 322 valence electrons. The van der Waals surface area contributed by atoms with Crippen LogP contribution < -0.4 is 14.2 Å². The molecule has 5 aliphatic rings. The lowest BCUT2D eigenvalue weighted by atomic mass is 9.82. The van der Waals surface area contributed by atoms with Gasteiger partial charge in [-0.25, -0.2) is 13.4 Å². The zero-order valence-electron chi connectivity index (χ0n) is 34.0. The van der Waals surface area contributed by atoms with Crippen molar-refractivity contribution in [3.8, 4) is 11.6 Å². The molecule has 2 aromatic rings. The van der Waals surface area contributed by atoms with E-state index in [0.717, 1.165) is 32.1 Å². The fraction of sp³-hybridized carbons (Fsp3) is 0.651. The van der Waals surface area contributed by atoms with Gasteiger partial charge < -0.3 is 19.1 Å². The number of allylic oxidation sites excluding steroid dienone is 2. The zero-order valence-corrected chi connectivity index (χ0v) is 34.8. The highest BCUT2D eigenvalue weighted by molar-refractivity contribution is 7.90. The van der Waals surface area contributed by atoms with Gasteiger partial charge in [-0.1, -0.05) is 44.2 Å². The average Bonchev–Trinajstić information content (AvgIpc) is 4.06. The number of nitrogens with one attached hydrogen (secondary N) is 1. The monoisotopic (exact) mass is 845 g/mol. The molecule has 3 saturated carbocycles. The van der Waals surface area contributed by atoms with Gasteiger partial charge in [-0.3, -0.25) is 23.9 Å². The third-order valence-corrected chi connectivity index (χ3v) is 14.6. The zero-order chi connectivity index (χ0) is 42.5. The van der Waals surface area contributed by atoms with Crippen molar-refractivity contribution in [1.29, 1.82) is 0 Å². The van der Waals surface area contributed by atoms with Crippen molar-refractivity contribution in [1.82, 2.24) is 14.6 Å². The summed E-state index contributed by atoms with van der Waals surface area (Å²) in [6, 6.07) is 6.25. The maximum absolute atomic E-state index is 14.9. The molecule has 2 aliphatic heterocycles. The van der Waals surface area contributed by atoms with E-state index in [4.69, 9.17) is 14.2 Å². The third-order valence-electron chi connectivity index (χ3n) is 12.8. The maximum Gasteiger partial charge on any atom is 0.427 e. The Hall–Kier alpha value is -4.21. The van der Waals surface area contributed by atoms with Crippen molar-refractivity contribution >= 4 is 44.4 Å². The fourth-order valence-electron chi connectivity index (χ4n) is 8.55. The van der Waals surface area contributed by atoms with Crippen LogP contribution in [-0.2, 0) is 33.9 Å². The topological polar surface area (TPSA) is 158 Å². The highest BCUT2D eigenvalue weighted by atomic mass is 32.2. The van der Waals surface area contributed by atoms with Crippen LogP contribution in [0.2, 0.25) is 0 Å². The van der Waals surface area contributed by atoms with E-state index in [-0.39, 0.29) is 37.6 Å². The van der Waals surface area contributed by atoms with Crippen LogP contribution >= 0.6 is 0 Å². The summed E-state index contributed by atoms with van der Waals surface area (Å²) in [6.45, 7) is 5.70. The van der Waals surface area contributed by atoms with Crippen LogP contribution in [0, 0.1) is 35.0 Å². The number of sulfonamides is 1. The van der Waals surface area contributed by atoms with Crippen LogP contribution in [0.5, 0.6) is 11.6 Å². The summed E-state index contributed by atoms with van der Waals surface area (Å²) in [5.74, 6) is -3.76. The number of pyridine rings is 1. The Morgan fingerprint density at radius 1 is 1.02 bits per heavy atom. The quantitative estimate of drug-likeness (QED) is 0.187. The van der Waals surface area contributed by atoms with Gasteiger partial charge in [0.2, 0.25) is 33.3 Å². The first-order valence-corrected chi connectivity index (χ1v) is 22.3. The van der Waals surface area contributed by atoms with E-state index in [1.165, 1.54) is 4.90 Å². The number of nitrogens with zero attached hydrogens (tertiary/aromatic N) is 2. The van der Waals surface area contributed by atoms with Gasteiger partial charge in [0.25, 0.3) is 0 Å². The summed E-state index contributed by atoms with van der Waals surface area (Å²) in [5.41, 5.74) is -4.17. The minimum Gasteiger partial charge on any atom is -0.491 e. The van der Waals surface area contributed by atoms with Gasteiger partial charge in [-0.2, -0.15) is 13.2 Å². The number of fused-ring (bicyclic) bond motifs is 3. The number of benzene rings is 1. The first kappa shape index (κ1) is 42.9. The number of hydrogen-bond donors (Lipinski definition) is 1. The highest BCUT2D eigenvalue weighted by Crippen LogP contribution is 2.57. The molecule has 1 aromatic heterocycles. The smallest absolute Gasteiger partial charge is 0.427 e. The lowest BCUT2D eigenvalue weighted by molar-refractivity contribution is -0.257. The molecule has 3 aliphatic carbocycles. The number of ether oxygens (including phenoxy) is 3. The molecule has 2 amide bonds. The Bertz CT molecular complexity index is 2100. The highest BCUT2D eigenvalue weighted by Gasteiger charge is 2.62. The second kappa shape index (κ2) is 16.3. The van der Waals surface area contributed by atoms with Crippen LogP contribution in [0.4, 0.5) is 13.2 Å². The molecule has 59 heavy (non-hydrogen) atoms. The second-order valence-corrected chi connectivity index (χ2v) is 20.1. The van der Waals surface area contributed by atoms with Crippen molar-refractivity contribution in [2.75, 3.05) is 13.2 Å². The number of alkyl halides is 3. The summed E-state index contributed by atoms with van der Waals surface area (Å²) >= 11 is 0. The summed E-state index contributed by atoms with van der Waals surface area (Å²) < 4.78 is 87.0. The van der Waals surface area contributed by atoms with E-state index in [0.29, 0.717) is 55.8 Å². The molecule has 16 heteroatoms. The fourth-order valence-corrected chi connectivity index (χ4v) is 9.93. The van der Waals surface area contributed by atoms with Crippen LogP contribution in [0.3, 0.4) is 0 Å². The summed E-state index contributed by atoms with van der Waals surface area (Å²) in [5, 5.41) is 0.758. The number of hydrogen-bond acceptors (Lipinski definition) is 10. The van der Waals surface area contributed by atoms with Crippen LogP contribution in [0.25, 0.3) is 10.8 Å². The van der Waals surface area contributed by atoms with E-state index in [2.05, 4.69) is 9.71 Å². The van der Waals surface area contributed by atoms with Crippen LogP contribution in [0.1, 0.15) is 98.3 Å². The van der Waals surface area contributed by atoms with E-state index >= 15 is 0 Å². The molecule has 12 nitrogen and oxygen atoms in total. The first-order chi connectivity index (χ1) is 27.8. The third kappa shape index (κ3) is 9.57. The number of esters is 1. The number of ketones is 1. The average molecular weight is 846 g/mol. The molecule has 1 saturated heterocycles. The van der Waals surface area contributed by atoms with Gasteiger partial charge in [0, 0.05) is 23.6 Å². The number of aromatic nitrogens is 1. The predicted molar refractivity (Wildman–Crippen MR) is 210 cm³/mol. The Labute approximate surface area is 343 Å². The molecular formula is C43H54F3N3O9S. The standard InChI is InChI=1S/C43H54F3N3O9S/c1-25-9-5-6-10-28-20-42(28,40(53)48-59(54,55)30-15-16-30)21-35(50)34-18-29(57-38-32-12-8-7-11-31(32)36(22-47-38)56-24-27-13-14-27)23-49(34)39(52)33(26(2)17-25)19-37(51)58-41(3,4)43(44,45)46/h6-8,10-12,22,25-30,33-34H,5,9,13-21,23-24H2,1-4H3,(H,48,53)/b10-6-/t25-,26-,28-,29-,33+,34+,42-/m1/s1. The predicted octanol–water partition coefficient (Wildman–Crippen LogP) is 6.85. The Kier molecular flexibility index (Phi) is 11.9. The summed E-state index contributed by atoms with van der Waals surface area (Å²) in [6.07, 6.45) is 3.75. The molecule has 4 fully saturated rings.